The van der Waals surface area contributed by atoms with Crippen molar-refractivity contribution in [2.24, 2.45) is 0 Å². The number of anilines is 1. The number of carbonyl (C=O) groups excluding carboxylic acids is 1. The van der Waals surface area contributed by atoms with Gasteiger partial charge in [-0.2, -0.15) is 0 Å². The molecule has 2 aromatic carbocycles. The monoisotopic (exact) mass is 382 g/mol. The van der Waals surface area contributed by atoms with Gasteiger partial charge in [-0.05, 0) is 30.3 Å². The standard InChI is InChI=1S/C18H17ClF2N2OS/c19-14-3-1-2-4-17(14)22-7-9-23(10-8-22)18(24)12-25-13-5-6-15(20)16(21)11-13/h1-6,11H,7-10,12H2. The number of thioether (sulfide) groups is 1. The highest BCUT2D eigenvalue weighted by atomic mass is 35.5. The Morgan fingerprint density at radius 3 is 2.44 bits per heavy atom. The van der Waals surface area contributed by atoms with Crippen LogP contribution in [-0.4, -0.2) is 42.7 Å². The van der Waals surface area contributed by atoms with Crippen molar-refractivity contribution in [2.75, 3.05) is 36.8 Å². The molecular weight excluding hydrogens is 366 g/mol. The number of nitrogens with zero attached hydrogens (tertiary/aromatic N) is 2. The van der Waals surface area contributed by atoms with Crippen LogP contribution in [0.15, 0.2) is 47.4 Å². The van der Waals surface area contributed by atoms with Crippen molar-refractivity contribution >= 4 is 35.0 Å². The van der Waals surface area contributed by atoms with E-state index in [1.807, 2.05) is 24.3 Å². The van der Waals surface area contributed by atoms with Crippen molar-refractivity contribution in [2.45, 2.75) is 4.90 Å². The number of hydrogen-bond donors (Lipinski definition) is 0. The molecule has 25 heavy (non-hydrogen) atoms. The fourth-order valence-corrected chi connectivity index (χ4v) is 3.79. The normalized spacial score (nSPS) is 14.7. The van der Waals surface area contributed by atoms with Gasteiger partial charge in [0, 0.05) is 31.1 Å². The van der Waals surface area contributed by atoms with Crippen LogP contribution in [-0.2, 0) is 4.79 Å². The van der Waals surface area contributed by atoms with Gasteiger partial charge >= 0.3 is 0 Å². The van der Waals surface area contributed by atoms with Crippen molar-refractivity contribution < 1.29 is 13.6 Å². The van der Waals surface area contributed by atoms with Gasteiger partial charge in [-0.15, -0.1) is 11.8 Å². The predicted octanol–water partition coefficient (Wildman–Crippen LogP) is 4.06. The molecule has 0 N–H and O–H groups in total. The maximum atomic E-state index is 13.2. The molecule has 7 heteroatoms. The van der Waals surface area contributed by atoms with E-state index in [1.54, 1.807) is 4.90 Å². The van der Waals surface area contributed by atoms with Crippen LogP contribution >= 0.6 is 23.4 Å². The summed E-state index contributed by atoms with van der Waals surface area (Å²) < 4.78 is 26.1. The molecule has 1 heterocycles. The summed E-state index contributed by atoms with van der Waals surface area (Å²) in [7, 11) is 0. The molecule has 0 saturated carbocycles. The van der Waals surface area contributed by atoms with E-state index in [1.165, 1.54) is 17.8 Å². The van der Waals surface area contributed by atoms with Gasteiger partial charge in [0.15, 0.2) is 11.6 Å². The van der Waals surface area contributed by atoms with Crippen LogP contribution < -0.4 is 4.90 Å². The number of hydrogen-bond acceptors (Lipinski definition) is 3. The average molecular weight is 383 g/mol. The lowest BCUT2D eigenvalue weighted by Crippen LogP contribution is -2.49. The molecule has 1 aliphatic rings. The molecule has 132 valence electrons. The third-order valence-electron chi connectivity index (χ3n) is 4.08. The Morgan fingerprint density at radius 2 is 1.76 bits per heavy atom. The lowest BCUT2D eigenvalue weighted by molar-refractivity contribution is -0.128. The molecule has 0 atom stereocenters. The van der Waals surface area contributed by atoms with Gasteiger partial charge in [0.05, 0.1) is 16.5 Å². The molecule has 3 rings (SSSR count). The van der Waals surface area contributed by atoms with Gasteiger partial charge in [-0.25, -0.2) is 8.78 Å². The number of piperazine rings is 1. The van der Waals surface area contributed by atoms with Gasteiger partial charge in [0.25, 0.3) is 0 Å². The summed E-state index contributed by atoms with van der Waals surface area (Å²) >= 11 is 7.43. The highest BCUT2D eigenvalue weighted by Gasteiger charge is 2.22. The van der Waals surface area contributed by atoms with E-state index in [0.717, 1.165) is 17.8 Å². The molecule has 0 bridgehead atoms. The second kappa shape index (κ2) is 8.06. The lowest BCUT2D eigenvalue weighted by Gasteiger charge is -2.36. The van der Waals surface area contributed by atoms with Crippen LogP contribution in [0.2, 0.25) is 5.02 Å². The maximum Gasteiger partial charge on any atom is 0.233 e. The number of halogens is 3. The molecule has 1 saturated heterocycles. The highest BCUT2D eigenvalue weighted by molar-refractivity contribution is 8.00. The summed E-state index contributed by atoms with van der Waals surface area (Å²) in [4.78, 5) is 16.8. The minimum atomic E-state index is -0.897. The summed E-state index contributed by atoms with van der Waals surface area (Å²) in [5.74, 6) is -1.58. The van der Waals surface area contributed by atoms with Gasteiger partial charge in [0.2, 0.25) is 5.91 Å². The Hall–Kier alpha value is -1.79. The molecule has 0 unspecified atom stereocenters. The van der Waals surface area contributed by atoms with Crippen molar-refractivity contribution in [3.8, 4) is 0 Å². The Bertz CT molecular complexity index is 766. The number of para-hydroxylation sites is 1. The highest BCUT2D eigenvalue weighted by Crippen LogP contribution is 2.26. The summed E-state index contributed by atoms with van der Waals surface area (Å²) in [6, 6.07) is 11.3. The summed E-state index contributed by atoms with van der Waals surface area (Å²) in [6.45, 7) is 2.65. The third kappa shape index (κ3) is 4.44. The minimum Gasteiger partial charge on any atom is -0.367 e. The van der Waals surface area contributed by atoms with E-state index < -0.39 is 11.6 Å². The van der Waals surface area contributed by atoms with E-state index >= 15 is 0 Å². The molecule has 1 aliphatic heterocycles. The number of rotatable bonds is 4. The Balaban J connectivity index is 1.51. The predicted molar refractivity (Wildman–Crippen MR) is 97.3 cm³/mol. The molecular formula is C18H17ClF2N2OS. The van der Waals surface area contributed by atoms with E-state index in [9.17, 15) is 13.6 Å². The number of benzene rings is 2. The summed E-state index contributed by atoms with van der Waals surface area (Å²) in [5, 5.41) is 0.705. The van der Waals surface area contributed by atoms with Crippen molar-refractivity contribution in [1.29, 1.82) is 0 Å². The first-order valence-corrected chi connectivity index (χ1v) is 9.26. The van der Waals surface area contributed by atoms with Crippen LogP contribution in [0, 0.1) is 11.6 Å². The molecule has 1 fully saturated rings. The first kappa shape index (κ1) is 18.0. The first-order chi connectivity index (χ1) is 12.0. The van der Waals surface area contributed by atoms with E-state index in [2.05, 4.69) is 4.90 Å². The fourth-order valence-electron chi connectivity index (χ4n) is 2.71. The van der Waals surface area contributed by atoms with E-state index in [4.69, 9.17) is 11.6 Å². The SMILES string of the molecule is O=C(CSc1ccc(F)c(F)c1)N1CCN(c2ccccc2Cl)CC1. The fraction of sp³-hybridized carbons (Fsp3) is 0.278. The lowest BCUT2D eigenvalue weighted by atomic mass is 10.2. The number of carbonyl (C=O) groups is 1. The molecule has 3 nitrogen and oxygen atoms in total. The van der Waals surface area contributed by atoms with Gasteiger partial charge in [0.1, 0.15) is 0 Å². The zero-order valence-electron chi connectivity index (χ0n) is 13.4. The Kier molecular flexibility index (Phi) is 5.81. The Labute approximate surface area is 154 Å². The van der Waals surface area contributed by atoms with Gasteiger partial charge in [-0.1, -0.05) is 23.7 Å². The largest absolute Gasteiger partial charge is 0.367 e. The topological polar surface area (TPSA) is 23.6 Å². The van der Waals surface area contributed by atoms with Crippen LogP contribution in [0.5, 0.6) is 0 Å². The molecule has 0 aromatic heterocycles. The van der Waals surface area contributed by atoms with Crippen molar-refractivity contribution in [1.82, 2.24) is 4.90 Å². The third-order valence-corrected chi connectivity index (χ3v) is 5.38. The summed E-state index contributed by atoms with van der Waals surface area (Å²) in [5.41, 5.74) is 0.979. The molecule has 0 spiro atoms. The second-order valence-electron chi connectivity index (χ2n) is 5.68. The zero-order valence-corrected chi connectivity index (χ0v) is 15.0. The van der Waals surface area contributed by atoms with Crippen LogP contribution in [0.25, 0.3) is 0 Å². The molecule has 2 aromatic rings. The van der Waals surface area contributed by atoms with Crippen LogP contribution in [0.1, 0.15) is 0 Å². The number of amides is 1. The molecule has 1 amide bonds. The summed E-state index contributed by atoms with van der Waals surface area (Å²) in [6.07, 6.45) is 0. The van der Waals surface area contributed by atoms with Gasteiger partial charge < -0.3 is 9.80 Å². The Morgan fingerprint density at radius 1 is 1.04 bits per heavy atom. The van der Waals surface area contributed by atoms with Crippen LogP contribution in [0.3, 0.4) is 0 Å². The molecule has 0 radical (unpaired) electrons. The zero-order chi connectivity index (χ0) is 17.8. The second-order valence-corrected chi connectivity index (χ2v) is 7.14. The first-order valence-electron chi connectivity index (χ1n) is 7.89. The average Bonchev–Trinajstić information content (AvgIpc) is 2.63. The van der Waals surface area contributed by atoms with E-state index in [-0.39, 0.29) is 11.7 Å². The molecule has 0 aliphatic carbocycles. The quantitative estimate of drug-likeness (QED) is 0.745. The van der Waals surface area contributed by atoms with Crippen molar-refractivity contribution in [3.63, 3.8) is 0 Å². The maximum absolute atomic E-state index is 13.2. The van der Waals surface area contributed by atoms with Gasteiger partial charge in [-0.3, -0.25) is 4.79 Å². The van der Waals surface area contributed by atoms with Crippen LogP contribution in [0.4, 0.5) is 14.5 Å². The van der Waals surface area contributed by atoms with Crippen molar-refractivity contribution in [3.05, 3.63) is 59.1 Å². The minimum absolute atomic E-state index is 0.00598. The van der Waals surface area contributed by atoms with E-state index in [0.29, 0.717) is 36.1 Å². The smallest absolute Gasteiger partial charge is 0.233 e.